The molecule has 5 rings (SSSR count). The molecule has 2 N–H and O–H groups in total. The number of esters is 1. The minimum absolute atomic E-state index is 0.00125. The average molecular weight is 570 g/mol. The van der Waals surface area contributed by atoms with E-state index >= 15 is 0 Å². The van der Waals surface area contributed by atoms with Crippen LogP contribution in [-0.2, 0) is 14.3 Å². The van der Waals surface area contributed by atoms with Gasteiger partial charge in [0.15, 0.2) is 17.2 Å². The number of carbonyl (C=O) groups excluding carboxylic acids is 3. The number of ether oxygens (including phenoxy) is 5. The van der Waals surface area contributed by atoms with Crippen molar-refractivity contribution in [3.05, 3.63) is 63.0 Å². The summed E-state index contributed by atoms with van der Waals surface area (Å²) in [6.45, 7) is 3.46. The Bertz CT molecular complexity index is 1540. The van der Waals surface area contributed by atoms with Crippen LogP contribution in [0.4, 0.5) is 0 Å². The first-order valence-corrected chi connectivity index (χ1v) is 12.8. The molecule has 0 unspecified atom stereocenters. The summed E-state index contributed by atoms with van der Waals surface area (Å²) in [5.41, 5.74) is -0.0702. The van der Waals surface area contributed by atoms with Gasteiger partial charge in [0.2, 0.25) is 17.2 Å². The van der Waals surface area contributed by atoms with Gasteiger partial charge in [-0.05, 0) is 31.0 Å². The van der Waals surface area contributed by atoms with Crippen LogP contribution < -0.4 is 24.3 Å². The third-order valence-electron chi connectivity index (χ3n) is 7.79. The molecule has 1 aliphatic carbocycles. The van der Waals surface area contributed by atoms with Crippen molar-refractivity contribution in [3.8, 4) is 28.7 Å². The number of phenols is 1. The van der Waals surface area contributed by atoms with Crippen LogP contribution in [0.3, 0.4) is 0 Å². The van der Waals surface area contributed by atoms with Gasteiger partial charge in [-0.15, -0.1) is 0 Å². The largest absolute Gasteiger partial charge is 0.504 e. The molecule has 2 heterocycles. The van der Waals surface area contributed by atoms with Crippen molar-refractivity contribution in [2.75, 3.05) is 28.4 Å². The minimum Gasteiger partial charge on any atom is -0.504 e. The standard InChI is InChI=1S/C29H28ClNO9/c1-12-9-15-22(21(20(13(2)31-15)28(35)39-6)14-7-8-16(32)17(10-14)36-3)26(33)29(12)27(34)23-18(37-4)11-19(38-5)24(30)25(23)40-29/h7-8,10-12,21,31-32H,9H2,1-6H3/t12-,21-,29+/m1/s1. The highest BCUT2D eigenvalue weighted by Crippen LogP contribution is 2.56. The maximum Gasteiger partial charge on any atom is 0.336 e. The third-order valence-corrected chi connectivity index (χ3v) is 8.15. The fraction of sp³-hybridized carbons (Fsp3) is 0.345. The first-order chi connectivity index (χ1) is 19.0. The van der Waals surface area contributed by atoms with E-state index < -0.39 is 35.0 Å². The number of dihydropyridines is 1. The second-order valence-corrected chi connectivity index (χ2v) is 10.2. The van der Waals surface area contributed by atoms with Crippen LogP contribution in [0.25, 0.3) is 0 Å². The Labute approximate surface area is 235 Å². The Hall–Kier alpha value is -4.18. The fourth-order valence-corrected chi connectivity index (χ4v) is 6.13. The van der Waals surface area contributed by atoms with Crippen molar-refractivity contribution < 1.29 is 43.2 Å². The highest BCUT2D eigenvalue weighted by molar-refractivity contribution is 6.36. The van der Waals surface area contributed by atoms with Crippen molar-refractivity contribution in [3.63, 3.8) is 0 Å². The van der Waals surface area contributed by atoms with Gasteiger partial charge in [-0.1, -0.05) is 24.6 Å². The monoisotopic (exact) mass is 569 g/mol. The third kappa shape index (κ3) is 3.66. The molecule has 210 valence electrons. The highest BCUT2D eigenvalue weighted by atomic mass is 35.5. The number of benzene rings is 2. The molecule has 2 aromatic carbocycles. The summed E-state index contributed by atoms with van der Waals surface area (Å²) in [7, 11) is 5.45. The smallest absolute Gasteiger partial charge is 0.336 e. The lowest BCUT2D eigenvalue weighted by Gasteiger charge is -2.42. The summed E-state index contributed by atoms with van der Waals surface area (Å²) in [5, 5.41) is 13.5. The number of phenolic OH excluding ortho intramolecular Hbond substituents is 1. The molecule has 0 aromatic heterocycles. The summed E-state index contributed by atoms with van der Waals surface area (Å²) in [6.07, 6.45) is 0.245. The number of carbonyl (C=O) groups is 3. The molecular formula is C29H28ClNO9. The number of allylic oxidation sites excluding steroid dienone is 2. The molecule has 0 saturated carbocycles. The maximum atomic E-state index is 14.7. The van der Waals surface area contributed by atoms with Crippen LogP contribution in [0.1, 0.15) is 42.1 Å². The van der Waals surface area contributed by atoms with E-state index in [-0.39, 0.29) is 56.9 Å². The SMILES string of the molecule is COC(=O)C1=C(C)NC2=C(C(=O)[C@@]3(Oc4c(Cl)c(OC)cc(OC)c4C3=O)[C@H](C)C2)[C@@H]1c1ccc(O)c(OC)c1. The Balaban J connectivity index is 1.73. The number of fused-ring (bicyclic) bond motifs is 1. The molecular weight excluding hydrogens is 542 g/mol. The fourth-order valence-electron chi connectivity index (χ4n) is 5.86. The first kappa shape index (κ1) is 27.4. The zero-order chi connectivity index (χ0) is 29.1. The quantitative estimate of drug-likeness (QED) is 0.401. The molecule has 3 atom stereocenters. The van der Waals surface area contributed by atoms with Gasteiger partial charge in [-0.2, -0.15) is 0 Å². The van der Waals surface area contributed by atoms with Gasteiger partial charge in [-0.25, -0.2) is 4.79 Å². The molecule has 1 spiro atoms. The zero-order valence-electron chi connectivity index (χ0n) is 22.8. The van der Waals surface area contributed by atoms with E-state index in [4.69, 9.17) is 35.3 Å². The summed E-state index contributed by atoms with van der Waals surface area (Å²) in [4.78, 5) is 42.0. The van der Waals surface area contributed by atoms with Crippen molar-refractivity contribution in [1.82, 2.24) is 5.32 Å². The molecule has 2 aromatic rings. The number of Topliss-reactive ketones (excluding diaryl/α,β-unsaturated/α-hetero) is 2. The van der Waals surface area contributed by atoms with Crippen molar-refractivity contribution in [2.45, 2.75) is 31.8 Å². The normalized spacial score (nSPS) is 23.4. The van der Waals surface area contributed by atoms with Gasteiger partial charge in [0.1, 0.15) is 22.1 Å². The molecule has 0 amide bonds. The number of aromatic hydroxyl groups is 1. The topological polar surface area (TPSA) is 130 Å². The van der Waals surface area contributed by atoms with Crippen molar-refractivity contribution in [2.24, 2.45) is 5.92 Å². The van der Waals surface area contributed by atoms with E-state index in [0.717, 1.165) is 0 Å². The molecule has 10 nitrogen and oxygen atoms in total. The van der Waals surface area contributed by atoms with Gasteiger partial charge in [0.25, 0.3) is 0 Å². The Morgan fingerprint density at radius 1 is 1.05 bits per heavy atom. The number of rotatable bonds is 5. The van der Waals surface area contributed by atoms with Gasteiger partial charge in [-0.3, -0.25) is 9.59 Å². The minimum atomic E-state index is -1.97. The van der Waals surface area contributed by atoms with Crippen molar-refractivity contribution in [1.29, 1.82) is 0 Å². The van der Waals surface area contributed by atoms with E-state index in [2.05, 4.69) is 5.32 Å². The number of methoxy groups -OCH3 is 4. The molecule has 11 heteroatoms. The Morgan fingerprint density at radius 3 is 2.35 bits per heavy atom. The summed E-state index contributed by atoms with van der Waals surface area (Å²) in [5.74, 6) is -3.06. The zero-order valence-corrected chi connectivity index (χ0v) is 23.5. The second-order valence-electron chi connectivity index (χ2n) is 9.81. The van der Waals surface area contributed by atoms with Crippen LogP contribution in [0.15, 0.2) is 46.8 Å². The van der Waals surface area contributed by atoms with Crippen LogP contribution in [0, 0.1) is 5.92 Å². The lowest BCUT2D eigenvalue weighted by atomic mass is 9.65. The van der Waals surface area contributed by atoms with Gasteiger partial charge >= 0.3 is 5.97 Å². The van der Waals surface area contributed by atoms with Crippen LogP contribution >= 0.6 is 11.6 Å². The molecule has 0 bridgehead atoms. The highest BCUT2D eigenvalue weighted by Gasteiger charge is 2.63. The number of nitrogens with one attached hydrogen (secondary N) is 1. The average Bonchev–Trinajstić information content (AvgIpc) is 3.26. The Kier molecular flexibility index (Phi) is 6.70. The predicted molar refractivity (Wildman–Crippen MR) is 143 cm³/mol. The van der Waals surface area contributed by atoms with Crippen molar-refractivity contribution >= 4 is 29.1 Å². The molecule has 0 saturated heterocycles. The van der Waals surface area contributed by atoms with Crippen LogP contribution in [-0.4, -0.2) is 56.7 Å². The van der Waals surface area contributed by atoms with E-state index in [1.807, 2.05) is 0 Å². The van der Waals surface area contributed by atoms with E-state index in [1.165, 1.54) is 40.6 Å². The Morgan fingerprint density at radius 2 is 1.73 bits per heavy atom. The predicted octanol–water partition coefficient (Wildman–Crippen LogP) is 4.08. The number of hydrogen-bond acceptors (Lipinski definition) is 10. The molecule has 2 aliphatic heterocycles. The van der Waals surface area contributed by atoms with E-state index in [9.17, 15) is 19.5 Å². The van der Waals surface area contributed by atoms with Crippen LogP contribution in [0.2, 0.25) is 5.02 Å². The lowest BCUT2D eigenvalue weighted by molar-refractivity contribution is -0.136. The molecule has 0 fully saturated rings. The molecule has 3 aliphatic rings. The van der Waals surface area contributed by atoms with Gasteiger partial charge in [0.05, 0.1) is 34.0 Å². The second kappa shape index (κ2) is 9.78. The molecule has 0 radical (unpaired) electrons. The molecule has 40 heavy (non-hydrogen) atoms. The summed E-state index contributed by atoms with van der Waals surface area (Å²) >= 11 is 6.56. The first-order valence-electron chi connectivity index (χ1n) is 12.4. The van der Waals surface area contributed by atoms with Gasteiger partial charge < -0.3 is 34.1 Å². The van der Waals surface area contributed by atoms with E-state index in [1.54, 1.807) is 26.0 Å². The van der Waals surface area contributed by atoms with E-state index in [0.29, 0.717) is 17.0 Å². The maximum absolute atomic E-state index is 14.7. The summed E-state index contributed by atoms with van der Waals surface area (Å²) < 4.78 is 27.5. The van der Waals surface area contributed by atoms with Crippen LogP contribution in [0.5, 0.6) is 28.7 Å². The number of halogens is 1. The van der Waals surface area contributed by atoms with Gasteiger partial charge in [0, 0.05) is 34.9 Å². The number of ketones is 2. The number of hydrogen-bond donors (Lipinski definition) is 2. The lowest BCUT2D eigenvalue weighted by Crippen LogP contribution is -2.58. The summed E-state index contributed by atoms with van der Waals surface area (Å²) in [6, 6.07) is 6.01.